The van der Waals surface area contributed by atoms with E-state index in [9.17, 15) is 5.11 Å². The number of aryl methyl sites for hydroxylation is 2. The maximum atomic E-state index is 10.9. The molecule has 0 bridgehead atoms. The molecule has 2 heterocycles. The molecule has 5 heteroatoms. The number of rotatable bonds is 5. The fourth-order valence-corrected chi connectivity index (χ4v) is 4.35. The Labute approximate surface area is 178 Å². The Morgan fingerprint density at radius 2 is 1.80 bits per heavy atom. The molecule has 160 valence electrons. The minimum Gasteiger partial charge on any atom is -0.497 e. The van der Waals surface area contributed by atoms with Crippen LogP contribution in [-0.4, -0.2) is 49.5 Å². The second-order valence-electron chi connectivity index (χ2n) is 8.40. The summed E-state index contributed by atoms with van der Waals surface area (Å²) in [6.45, 7) is 6.55. The Morgan fingerprint density at radius 3 is 2.50 bits per heavy atom. The summed E-state index contributed by atoms with van der Waals surface area (Å²) >= 11 is 0. The molecule has 4 rings (SSSR count). The molecule has 0 aromatic heterocycles. The molecule has 1 atom stereocenters. The molecule has 2 aromatic carbocycles. The first kappa shape index (κ1) is 20.8. The van der Waals surface area contributed by atoms with Gasteiger partial charge in [0, 0.05) is 43.6 Å². The lowest BCUT2D eigenvalue weighted by molar-refractivity contribution is 0.0197. The maximum Gasteiger partial charge on any atom is 0.130 e. The number of hydrogen-bond donors (Lipinski definition) is 1. The van der Waals surface area contributed by atoms with Gasteiger partial charge in [0.15, 0.2) is 0 Å². The van der Waals surface area contributed by atoms with Crippen LogP contribution in [0.4, 0.5) is 0 Å². The molecular weight excluding hydrogens is 378 g/mol. The van der Waals surface area contributed by atoms with Crippen LogP contribution in [0.25, 0.3) is 6.08 Å². The Bertz CT molecular complexity index is 944. The number of β-amino-alcohol motifs (C(OH)–C–C–N with tert-alkyl or cyclic N) is 1. The van der Waals surface area contributed by atoms with E-state index in [2.05, 4.69) is 43.0 Å². The fraction of sp³-hybridized carbons (Fsp3) is 0.440. The van der Waals surface area contributed by atoms with Gasteiger partial charge in [-0.15, -0.1) is 0 Å². The third-order valence-electron chi connectivity index (χ3n) is 6.44. The van der Waals surface area contributed by atoms with Gasteiger partial charge in [-0.05, 0) is 61.4 Å². The number of fused-ring (bicyclic) bond motifs is 1. The standard InChI is InChI=1S/C25H31NO4/c1-17-13-19-7-8-25(30-24(19)14-18(17)2)9-11-26(12-10-25)16-22(27)21-15-20(28-3)5-6-23(21)29-4/h5-8,13-15,22,27H,9-12,16H2,1-4H3. The highest BCUT2D eigenvalue weighted by Crippen LogP contribution is 2.39. The van der Waals surface area contributed by atoms with Crippen LogP contribution in [0.15, 0.2) is 36.4 Å². The summed E-state index contributed by atoms with van der Waals surface area (Å²) in [5.74, 6) is 2.38. The second-order valence-corrected chi connectivity index (χ2v) is 8.40. The van der Waals surface area contributed by atoms with Crippen LogP contribution in [0.5, 0.6) is 17.2 Å². The number of nitrogens with zero attached hydrogens (tertiary/aromatic N) is 1. The summed E-state index contributed by atoms with van der Waals surface area (Å²) in [6, 6.07) is 9.88. The fourth-order valence-electron chi connectivity index (χ4n) is 4.35. The number of piperidine rings is 1. The molecule has 2 aromatic rings. The molecule has 1 N–H and O–H groups in total. The van der Waals surface area contributed by atoms with E-state index in [1.165, 1.54) is 11.1 Å². The van der Waals surface area contributed by atoms with Crippen molar-refractivity contribution in [3.63, 3.8) is 0 Å². The summed E-state index contributed by atoms with van der Waals surface area (Å²) in [7, 11) is 3.25. The predicted octanol–water partition coefficient (Wildman–Crippen LogP) is 4.29. The number of ether oxygens (including phenoxy) is 3. The Kier molecular flexibility index (Phi) is 5.76. The van der Waals surface area contributed by atoms with Crippen molar-refractivity contribution in [1.82, 2.24) is 4.90 Å². The van der Waals surface area contributed by atoms with Crippen LogP contribution in [0.1, 0.15) is 41.2 Å². The monoisotopic (exact) mass is 409 g/mol. The number of aliphatic hydroxyl groups is 1. The van der Waals surface area contributed by atoms with Crippen LogP contribution < -0.4 is 14.2 Å². The maximum absolute atomic E-state index is 10.9. The van der Waals surface area contributed by atoms with E-state index in [4.69, 9.17) is 14.2 Å². The second kappa shape index (κ2) is 8.32. The third-order valence-corrected chi connectivity index (χ3v) is 6.44. The molecule has 30 heavy (non-hydrogen) atoms. The van der Waals surface area contributed by atoms with Crippen LogP contribution in [0.2, 0.25) is 0 Å². The van der Waals surface area contributed by atoms with Gasteiger partial charge in [0.25, 0.3) is 0 Å². The lowest BCUT2D eigenvalue weighted by Crippen LogP contribution is -2.48. The van der Waals surface area contributed by atoms with E-state index in [-0.39, 0.29) is 5.60 Å². The Hall–Kier alpha value is -2.50. The van der Waals surface area contributed by atoms with Crippen molar-refractivity contribution in [1.29, 1.82) is 0 Å². The first-order chi connectivity index (χ1) is 14.4. The van der Waals surface area contributed by atoms with E-state index >= 15 is 0 Å². The first-order valence-electron chi connectivity index (χ1n) is 10.5. The van der Waals surface area contributed by atoms with Gasteiger partial charge in [-0.1, -0.05) is 6.08 Å². The summed E-state index contributed by atoms with van der Waals surface area (Å²) in [6.07, 6.45) is 5.59. The number of benzene rings is 2. The number of likely N-dealkylation sites (tertiary alicyclic amines) is 1. The molecular formula is C25H31NO4. The average molecular weight is 410 g/mol. The van der Waals surface area contributed by atoms with Crippen LogP contribution >= 0.6 is 0 Å². The lowest BCUT2D eigenvalue weighted by atomic mass is 9.87. The van der Waals surface area contributed by atoms with Gasteiger partial charge in [0.2, 0.25) is 0 Å². The minimum atomic E-state index is -0.640. The first-order valence-corrected chi connectivity index (χ1v) is 10.5. The summed E-state index contributed by atoms with van der Waals surface area (Å²) in [4.78, 5) is 2.29. The molecule has 1 spiro atoms. The van der Waals surface area contributed by atoms with Crippen molar-refractivity contribution in [2.75, 3.05) is 33.9 Å². The molecule has 0 radical (unpaired) electrons. The van der Waals surface area contributed by atoms with Crippen LogP contribution in [0.3, 0.4) is 0 Å². The van der Waals surface area contributed by atoms with Crippen molar-refractivity contribution < 1.29 is 19.3 Å². The van der Waals surface area contributed by atoms with Crippen molar-refractivity contribution >= 4 is 6.08 Å². The van der Waals surface area contributed by atoms with Gasteiger partial charge in [0.1, 0.15) is 22.8 Å². The van der Waals surface area contributed by atoms with Crippen molar-refractivity contribution in [3.8, 4) is 17.2 Å². The molecule has 1 saturated heterocycles. The molecule has 0 saturated carbocycles. The van der Waals surface area contributed by atoms with Gasteiger partial charge in [0.05, 0.1) is 20.3 Å². The van der Waals surface area contributed by atoms with Gasteiger partial charge in [-0.3, -0.25) is 0 Å². The zero-order chi connectivity index (χ0) is 21.3. The molecule has 1 unspecified atom stereocenters. The van der Waals surface area contributed by atoms with Gasteiger partial charge in [-0.25, -0.2) is 0 Å². The smallest absolute Gasteiger partial charge is 0.130 e. The minimum absolute atomic E-state index is 0.246. The van der Waals surface area contributed by atoms with E-state index < -0.39 is 6.10 Å². The van der Waals surface area contributed by atoms with Crippen molar-refractivity contribution in [2.24, 2.45) is 0 Å². The van der Waals surface area contributed by atoms with Gasteiger partial charge in [-0.2, -0.15) is 0 Å². The van der Waals surface area contributed by atoms with Crippen LogP contribution in [0, 0.1) is 13.8 Å². The van der Waals surface area contributed by atoms with Gasteiger partial charge >= 0.3 is 0 Å². The number of aliphatic hydroxyl groups excluding tert-OH is 1. The topological polar surface area (TPSA) is 51.2 Å². The highest BCUT2D eigenvalue weighted by Gasteiger charge is 2.37. The lowest BCUT2D eigenvalue weighted by Gasteiger charge is -2.42. The Morgan fingerprint density at radius 1 is 1.07 bits per heavy atom. The molecule has 5 nitrogen and oxygen atoms in total. The van der Waals surface area contributed by atoms with E-state index in [0.717, 1.165) is 42.8 Å². The summed E-state index contributed by atoms with van der Waals surface area (Å²) < 4.78 is 17.2. The Balaban J connectivity index is 1.41. The van der Waals surface area contributed by atoms with Crippen molar-refractivity contribution in [2.45, 2.75) is 38.4 Å². The summed E-state index contributed by atoms with van der Waals surface area (Å²) in [5.41, 5.74) is 4.21. The number of methoxy groups -OCH3 is 2. The highest BCUT2D eigenvalue weighted by atomic mass is 16.5. The molecule has 1 fully saturated rings. The van der Waals surface area contributed by atoms with Crippen LogP contribution in [-0.2, 0) is 0 Å². The van der Waals surface area contributed by atoms with E-state index in [1.807, 2.05) is 18.2 Å². The highest BCUT2D eigenvalue weighted by molar-refractivity contribution is 5.63. The summed E-state index contributed by atoms with van der Waals surface area (Å²) in [5, 5.41) is 10.9. The third kappa shape index (κ3) is 4.05. The molecule has 2 aliphatic heterocycles. The average Bonchev–Trinajstić information content (AvgIpc) is 2.76. The SMILES string of the molecule is COc1ccc(OC)c(C(O)CN2CCC3(C=Cc4cc(C)c(C)cc4O3)CC2)c1. The van der Waals surface area contributed by atoms with Crippen molar-refractivity contribution in [3.05, 3.63) is 58.7 Å². The quantitative estimate of drug-likeness (QED) is 0.798. The van der Waals surface area contributed by atoms with E-state index in [1.54, 1.807) is 14.2 Å². The van der Waals surface area contributed by atoms with E-state index in [0.29, 0.717) is 18.0 Å². The molecule has 2 aliphatic rings. The van der Waals surface area contributed by atoms with Gasteiger partial charge < -0.3 is 24.2 Å². The zero-order valence-corrected chi connectivity index (χ0v) is 18.3. The normalized spacial score (nSPS) is 18.6. The number of hydrogen-bond acceptors (Lipinski definition) is 5. The zero-order valence-electron chi connectivity index (χ0n) is 18.3. The molecule has 0 aliphatic carbocycles. The molecule has 0 amide bonds. The predicted molar refractivity (Wildman–Crippen MR) is 118 cm³/mol. The largest absolute Gasteiger partial charge is 0.497 e.